The van der Waals surface area contributed by atoms with Crippen LogP contribution in [0.3, 0.4) is 0 Å². The van der Waals surface area contributed by atoms with Gasteiger partial charge in [0, 0.05) is 0 Å². The zero-order valence-corrected chi connectivity index (χ0v) is 15.3. The SMILES string of the molecule is CC(C)c1cccc(C(C)C)c1OC(=O)COC(=O)[C@H](N)CO.Cl. The molecule has 0 aromatic heterocycles. The summed E-state index contributed by atoms with van der Waals surface area (Å²) in [6, 6.07) is 4.60. The maximum absolute atomic E-state index is 12.0. The Morgan fingerprint density at radius 3 is 2.04 bits per heavy atom. The van der Waals surface area contributed by atoms with E-state index in [2.05, 4.69) is 0 Å². The minimum atomic E-state index is -1.16. The van der Waals surface area contributed by atoms with Gasteiger partial charge in [-0.3, -0.25) is 4.79 Å². The van der Waals surface area contributed by atoms with Gasteiger partial charge in [0.1, 0.15) is 11.8 Å². The third kappa shape index (κ3) is 6.11. The molecule has 0 saturated carbocycles. The van der Waals surface area contributed by atoms with Crippen LogP contribution in [-0.4, -0.2) is 36.3 Å². The number of aliphatic hydroxyl groups excluding tert-OH is 1. The van der Waals surface area contributed by atoms with Crippen LogP contribution in [-0.2, 0) is 14.3 Å². The molecule has 0 unspecified atom stereocenters. The minimum absolute atomic E-state index is 0. The minimum Gasteiger partial charge on any atom is -0.452 e. The molecule has 1 rings (SSSR count). The van der Waals surface area contributed by atoms with Crippen LogP contribution >= 0.6 is 12.4 Å². The summed E-state index contributed by atoms with van der Waals surface area (Å²) in [4.78, 5) is 23.3. The van der Waals surface area contributed by atoms with Crippen LogP contribution in [0.4, 0.5) is 0 Å². The van der Waals surface area contributed by atoms with Crippen molar-refractivity contribution in [2.24, 2.45) is 5.73 Å². The molecule has 3 N–H and O–H groups in total. The molecule has 6 nitrogen and oxygen atoms in total. The molecule has 0 aliphatic heterocycles. The van der Waals surface area contributed by atoms with Crippen LogP contribution in [0.15, 0.2) is 18.2 Å². The fourth-order valence-corrected chi connectivity index (χ4v) is 2.06. The number of rotatable bonds is 7. The summed E-state index contributed by atoms with van der Waals surface area (Å²) < 4.78 is 10.2. The average Bonchev–Trinajstić information content (AvgIpc) is 2.51. The Hall–Kier alpha value is -1.63. The van der Waals surface area contributed by atoms with E-state index in [-0.39, 0.29) is 24.2 Å². The van der Waals surface area contributed by atoms with Gasteiger partial charge in [-0.2, -0.15) is 0 Å². The number of halogens is 1. The molecule has 0 heterocycles. The summed E-state index contributed by atoms with van der Waals surface area (Å²) in [6.07, 6.45) is 0. The van der Waals surface area contributed by atoms with Gasteiger partial charge >= 0.3 is 11.9 Å². The van der Waals surface area contributed by atoms with E-state index in [0.717, 1.165) is 11.1 Å². The lowest BCUT2D eigenvalue weighted by atomic mass is 9.94. The predicted molar refractivity (Wildman–Crippen MR) is 93.5 cm³/mol. The second kappa shape index (κ2) is 10.3. The van der Waals surface area contributed by atoms with Gasteiger partial charge in [0.25, 0.3) is 0 Å². The molecule has 0 radical (unpaired) electrons. The summed E-state index contributed by atoms with van der Waals surface area (Å²) in [6.45, 7) is 6.96. The van der Waals surface area contributed by atoms with E-state index in [1.54, 1.807) is 0 Å². The zero-order valence-electron chi connectivity index (χ0n) is 14.4. The Labute approximate surface area is 148 Å². The van der Waals surface area contributed by atoms with Gasteiger partial charge in [0.05, 0.1) is 6.61 Å². The lowest BCUT2D eigenvalue weighted by Crippen LogP contribution is -2.37. The summed E-state index contributed by atoms with van der Waals surface area (Å²) in [5, 5.41) is 8.76. The summed E-state index contributed by atoms with van der Waals surface area (Å²) >= 11 is 0. The molecule has 1 atom stereocenters. The number of esters is 2. The van der Waals surface area contributed by atoms with Crippen molar-refractivity contribution in [3.63, 3.8) is 0 Å². The van der Waals surface area contributed by atoms with E-state index in [0.29, 0.717) is 5.75 Å². The number of benzene rings is 1. The molecule has 0 spiro atoms. The second-order valence-corrected chi connectivity index (χ2v) is 5.95. The Balaban J connectivity index is 0.00000529. The van der Waals surface area contributed by atoms with Crippen LogP contribution in [0, 0.1) is 0 Å². The average molecular weight is 360 g/mol. The molecule has 24 heavy (non-hydrogen) atoms. The fraction of sp³-hybridized carbons (Fsp3) is 0.529. The molecule has 0 bridgehead atoms. The topological polar surface area (TPSA) is 98.9 Å². The third-order valence-corrected chi connectivity index (χ3v) is 3.37. The summed E-state index contributed by atoms with van der Waals surface area (Å²) in [5.74, 6) is -0.641. The van der Waals surface area contributed by atoms with Crippen LogP contribution in [0.25, 0.3) is 0 Å². The van der Waals surface area contributed by atoms with E-state index >= 15 is 0 Å². The van der Waals surface area contributed by atoms with Gasteiger partial charge in [-0.05, 0) is 23.0 Å². The molecule has 0 aliphatic rings. The molecular formula is C17H26ClNO5. The molecular weight excluding hydrogens is 334 g/mol. The standard InChI is InChI=1S/C17H25NO5.ClH/c1-10(2)12-6-5-7-13(11(3)4)16(12)23-15(20)9-22-17(21)14(18)8-19;/h5-7,10-11,14,19H,8-9,18H2,1-4H3;1H/t14-;/m1./s1. The third-order valence-electron chi connectivity index (χ3n) is 3.37. The number of hydrogen-bond acceptors (Lipinski definition) is 6. The molecule has 0 fully saturated rings. The van der Waals surface area contributed by atoms with Crippen LogP contribution < -0.4 is 10.5 Å². The van der Waals surface area contributed by atoms with E-state index in [1.807, 2.05) is 45.9 Å². The first-order chi connectivity index (χ1) is 10.8. The Kier molecular flexibility index (Phi) is 9.58. The van der Waals surface area contributed by atoms with E-state index in [9.17, 15) is 9.59 Å². The van der Waals surface area contributed by atoms with E-state index < -0.39 is 31.2 Å². The number of carbonyl (C=O) groups excluding carboxylic acids is 2. The smallest absolute Gasteiger partial charge is 0.349 e. The van der Waals surface area contributed by atoms with Crippen molar-refractivity contribution in [1.82, 2.24) is 0 Å². The highest BCUT2D eigenvalue weighted by Gasteiger charge is 2.20. The molecule has 7 heteroatoms. The first-order valence-corrected chi connectivity index (χ1v) is 7.64. The number of para-hydroxylation sites is 1. The number of carbonyl (C=O) groups is 2. The van der Waals surface area contributed by atoms with Gasteiger partial charge in [-0.1, -0.05) is 45.9 Å². The number of hydrogen-bond donors (Lipinski definition) is 2. The molecule has 136 valence electrons. The van der Waals surface area contributed by atoms with Crippen molar-refractivity contribution in [3.8, 4) is 5.75 Å². The Morgan fingerprint density at radius 1 is 1.12 bits per heavy atom. The molecule has 1 aromatic rings. The molecule has 0 amide bonds. The second-order valence-electron chi connectivity index (χ2n) is 5.95. The summed E-state index contributed by atoms with van der Waals surface area (Å²) in [5.41, 5.74) is 7.15. The van der Waals surface area contributed by atoms with E-state index in [4.69, 9.17) is 20.3 Å². The normalized spacial score (nSPS) is 11.8. The first-order valence-electron chi connectivity index (χ1n) is 7.64. The highest BCUT2D eigenvalue weighted by Crippen LogP contribution is 2.34. The molecule has 1 aromatic carbocycles. The van der Waals surface area contributed by atoms with Crippen molar-refractivity contribution in [3.05, 3.63) is 29.3 Å². The van der Waals surface area contributed by atoms with Crippen molar-refractivity contribution in [1.29, 1.82) is 0 Å². The van der Waals surface area contributed by atoms with Crippen molar-refractivity contribution in [2.45, 2.75) is 45.6 Å². The lowest BCUT2D eigenvalue weighted by Gasteiger charge is -2.19. The maximum Gasteiger partial charge on any atom is 0.349 e. The van der Waals surface area contributed by atoms with Crippen LogP contribution in [0.2, 0.25) is 0 Å². The van der Waals surface area contributed by atoms with Gasteiger partial charge in [0.2, 0.25) is 0 Å². The highest BCUT2D eigenvalue weighted by atomic mass is 35.5. The molecule has 0 aliphatic carbocycles. The highest BCUT2D eigenvalue weighted by molar-refractivity contribution is 5.85. The first kappa shape index (κ1) is 22.4. The van der Waals surface area contributed by atoms with Crippen molar-refractivity contribution >= 4 is 24.3 Å². The largest absolute Gasteiger partial charge is 0.452 e. The number of ether oxygens (including phenoxy) is 2. The Morgan fingerprint density at radius 2 is 1.62 bits per heavy atom. The number of nitrogens with two attached hydrogens (primary N) is 1. The van der Waals surface area contributed by atoms with Gasteiger partial charge in [-0.25, -0.2) is 4.79 Å². The van der Waals surface area contributed by atoms with Gasteiger partial charge < -0.3 is 20.3 Å². The lowest BCUT2D eigenvalue weighted by molar-refractivity contribution is -0.155. The Bertz CT molecular complexity index is 534. The van der Waals surface area contributed by atoms with E-state index in [1.165, 1.54) is 0 Å². The maximum atomic E-state index is 12.0. The van der Waals surface area contributed by atoms with Gasteiger partial charge in [-0.15, -0.1) is 12.4 Å². The summed E-state index contributed by atoms with van der Waals surface area (Å²) in [7, 11) is 0. The zero-order chi connectivity index (χ0) is 17.6. The predicted octanol–water partition coefficient (Wildman–Crippen LogP) is 2.12. The monoisotopic (exact) mass is 359 g/mol. The number of aliphatic hydroxyl groups is 1. The molecule has 0 saturated heterocycles. The van der Waals surface area contributed by atoms with Crippen LogP contribution in [0.5, 0.6) is 5.75 Å². The quantitative estimate of drug-likeness (QED) is 0.571. The van der Waals surface area contributed by atoms with Gasteiger partial charge in [0.15, 0.2) is 6.61 Å². The van der Waals surface area contributed by atoms with Crippen molar-refractivity contribution in [2.75, 3.05) is 13.2 Å². The van der Waals surface area contributed by atoms with Crippen molar-refractivity contribution < 1.29 is 24.2 Å². The fourth-order valence-electron chi connectivity index (χ4n) is 2.06. The van der Waals surface area contributed by atoms with Crippen LogP contribution in [0.1, 0.15) is 50.7 Å².